The van der Waals surface area contributed by atoms with Crippen molar-refractivity contribution in [2.24, 2.45) is 0 Å². The molecule has 0 bridgehead atoms. The van der Waals surface area contributed by atoms with Crippen LogP contribution >= 0.6 is 0 Å². The van der Waals surface area contributed by atoms with E-state index in [9.17, 15) is 9.18 Å². The number of amides is 1. The van der Waals surface area contributed by atoms with E-state index in [2.05, 4.69) is 20.2 Å². The predicted octanol–water partition coefficient (Wildman–Crippen LogP) is 3.33. The molecule has 27 heavy (non-hydrogen) atoms. The molecule has 1 fully saturated rings. The first kappa shape index (κ1) is 17.3. The van der Waals surface area contributed by atoms with E-state index in [1.165, 1.54) is 12.1 Å². The zero-order chi connectivity index (χ0) is 18.8. The number of H-pyrrole nitrogens is 1. The molecule has 6 nitrogen and oxygen atoms in total. The molecule has 7 heteroatoms. The van der Waals surface area contributed by atoms with E-state index in [4.69, 9.17) is 0 Å². The van der Waals surface area contributed by atoms with Crippen LogP contribution in [0.1, 0.15) is 40.5 Å². The zero-order valence-corrected chi connectivity index (χ0v) is 15.0. The quantitative estimate of drug-likeness (QED) is 0.772. The van der Waals surface area contributed by atoms with Gasteiger partial charge in [-0.25, -0.2) is 4.39 Å². The van der Waals surface area contributed by atoms with Crippen LogP contribution in [0.15, 0.2) is 42.9 Å². The summed E-state index contributed by atoms with van der Waals surface area (Å²) in [5, 5.41) is 6.76. The second-order valence-electron chi connectivity index (χ2n) is 6.80. The van der Waals surface area contributed by atoms with Gasteiger partial charge in [0.25, 0.3) is 5.91 Å². The number of halogens is 1. The molecule has 1 atom stereocenters. The number of rotatable bonds is 3. The van der Waals surface area contributed by atoms with Crippen LogP contribution in [0.25, 0.3) is 11.3 Å². The van der Waals surface area contributed by atoms with Gasteiger partial charge in [-0.2, -0.15) is 5.10 Å². The summed E-state index contributed by atoms with van der Waals surface area (Å²) in [5.74, 6) is -0.274. The minimum absolute atomic E-state index is 0.0258. The third-order valence-corrected chi connectivity index (χ3v) is 4.98. The smallest absolute Gasteiger partial charge is 0.257 e. The highest BCUT2D eigenvalue weighted by atomic mass is 19.1. The number of aromatic amines is 1. The number of nitrogens with one attached hydrogen (secondary N) is 1. The Labute approximate surface area is 156 Å². The van der Waals surface area contributed by atoms with Crippen molar-refractivity contribution >= 4 is 5.91 Å². The Hall–Kier alpha value is -3.09. The van der Waals surface area contributed by atoms with E-state index >= 15 is 0 Å². The number of nitrogens with zero attached hydrogens (tertiary/aromatic N) is 4. The van der Waals surface area contributed by atoms with Crippen LogP contribution in [-0.4, -0.2) is 44.1 Å². The lowest BCUT2D eigenvalue weighted by molar-refractivity contribution is 0.0705. The SMILES string of the molecule is Cc1[nH]ncc1C(=O)N1CCCC(c2nccnc2-c2cccc(F)c2)C1. The fraction of sp³-hybridized carbons (Fsp3) is 0.300. The Morgan fingerprint density at radius 2 is 2.15 bits per heavy atom. The third kappa shape index (κ3) is 3.45. The summed E-state index contributed by atoms with van der Waals surface area (Å²) in [6, 6.07) is 6.38. The second-order valence-corrected chi connectivity index (χ2v) is 6.80. The summed E-state index contributed by atoms with van der Waals surface area (Å²) in [6.45, 7) is 3.10. The molecule has 0 spiro atoms. The maximum atomic E-state index is 13.7. The van der Waals surface area contributed by atoms with Crippen LogP contribution < -0.4 is 0 Å². The maximum absolute atomic E-state index is 13.7. The van der Waals surface area contributed by atoms with Gasteiger partial charge in [-0.15, -0.1) is 0 Å². The van der Waals surface area contributed by atoms with Gasteiger partial charge in [0.2, 0.25) is 0 Å². The first-order valence-electron chi connectivity index (χ1n) is 8.99. The van der Waals surface area contributed by atoms with Gasteiger partial charge in [0, 0.05) is 42.7 Å². The van der Waals surface area contributed by atoms with Crippen molar-refractivity contribution in [3.8, 4) is 11.3 Å². The molecule has 4 rings (SSSR count). The van der Waals surface area contributed by atoms with Gasteiger partial charge in [-0.05, 0) is 31.9 Å². The van der Waals surface area contributed by atoms with Crippen molar-refractivity contribution in [1.82, 2.24) is 25.1 Å². The van der Waals surface area contributed by atoms with E-state index in [1.807, 2.05) is 17.9 Å². The number of hydrogen-bond acceptors (Lipinski definition) is 4. The Bertz CT molecular complexity index is 970. The van der Waals surface area contributed by atoms with Crippen molar-refractivity contribution in [3.63, 3.8) is 0 Å². The van der Waals surface area contributed by atoms with Crippen molar-refractivity contribution in [1.29, 1.82) is 0 Å². The first-order valence-corrected chi connectivity index (χ1v) is 8.99. The molecule has 1 aliphatic heterocycles. The van der Waals surface area contributed by atoms with E-state index in [0.29, 0.717) is 29.9 Å². The third-order valence-electron chi connectivity index (χ3n) is 4.98. The minimum atomic E-state index is -0.306. The summed E-state index contributed by atoms with van der Waals surface area (Å²) in [5.41, 5.74) is 3.55. The van der Waals surface area contributed by atoms with Gasteiger partial charge < -0.3 is 4.90 Å². The van der Waals surface area contributed by atoms with E-state index in [1.54, 1.807) is 24.7 Å². The largest absolute Gasteiger partial charge is 0.338 e. The molecular weight excluding hydrogens is 345 g/mol. The fourth-order valence-corrected chi connectivity index (χ4v) is 3.63. The summed E-state index contributed by atoms with van der Waals surface area (Å²) in [4.78, 5) is 23.7. The number of carbonyl (C=O) groups is 1. The molecule has 3 aromatic rings. The number of piperidine rings is 1. The molecule has 1 unspecified atom stereocenters. The molecule has 1 aromatic carbocycles. The number of aryl methyl sites for hydroxylation is 1. The summed E-state index contributed by atoms with van der Waals surface area (Å²) >= 11 is 0. The number of benzene rings is 1. The van der Waals surface area contributed by atoms with Gasteiger partial charge in [-0.3, -0.25) is 19.9 Å². The molecule has 0 radical (unpaired) electrons. The lowest BCUT2D eigenvalue weighted by atomic mass is 9.91. The lowest BCUT2D eigenvalue weighted by Gasteiger charge is -2.33. The van der Waals surface area contributed by atoms with Crippen LogP contribution in [0.5, 0.6) is 0 Å². The standard InChI is InChI=1S/C20H20FN5O/c1-13-17(11-24-25-13)20(27)26-9-3-5-15(12-26)19-18(22-7-8-23-19)14-4-2-6-16(21)10-14/h2,4,6-8,10-11,15H,3,5,9,12H2,1H3,(H,24,25). The summed E-state index contributed by atoms with van der Waals surface area (Å²) in [7, 11) is 0. The van der Waals surface area contributed by atoms with E-state index < -0.39 is 0 Å². The number of aromatic nitrogens is 4. The monoisotopic (exact) mass is 365 g/mol. The average molecular weight is 365 g/mol. The van der Waals surface area contributed by atoms with Crippen LogP contribution in [0.2, 0.25) is 0 Å². The highest BCUT2D eigenvalue weighted by Crippen LogP contribution is 2.32. The lowest BCUT2D eigenvalue weighted by Crippen LogP contribution is -2.39. The minimum Gasteiger partial charge on any atom is -0.338 e. The van der Waals surface area contributed by atoms with Gasteiger partial charge in [0.1, 0.15) is 5.82 Å². The van der Waals surface area contributed by atoms with Gasteiger partial charge in [-0.1, -0.05) is 12.1 Å². The number of likely N-dealkylation sites (tertiary alicyclic amines) is 1. The number of carbonyl (C=O) groups excluding carboxylic acids is 1. The molecule has 0 saturated carbocycles. The molecule has 1 aliphatic rings. The Morgan fingerprint density at radius 3 is 2.93 bits per heavy atom. The van der Waals surface area contributed by atoms with Crippen LogP contribution in [0.3, 0.4) is 0 Å². The average Bonchev–Trinajstić information content (AvgIpc) is 3.13. The Balaban J connectivity index is 1.63. The molecule has 2 aromatic heterocycles. The highest BCUT2D eigenvalue weighted by molar-refractivity contribution is 5.95. The van der Waals surface area contributed by atoms with E-state index in [0.717, 1.165) is 24.2 Å². The zero-order valence-electron chi connectivity index (χ0n) is 15.0. The molecular formula is C20H20FN5O. The topological polar surface area (TPSA) is 74.8 Å². The van der Waals surface area contributed by atoms with Crippen molar-refractivity contribution in [2.45, 2.75) is 25.7 Å². The van der Waals surface area contributed by atoms with Crippen LogP contribution in [0.4, 0.5) is 4.39 Å². The molecule has 0 aliphatic carbocycles. The second kappa shape index (κ2) is 7.26. The summed E-state index contributed by atoms with van der Waals surface area (Å²) < 4.78 is 13.7. The molecule has 138 valence electrons. The van der Waals surface area contributed by atoms with Crippen molar-refractivity contribution in [3.05, 3.63) is 65.6 Å². The number of hydrogen-bond donors (Lipinski definition) is 1. The fourth-order valence-electron chi connectivity index (χ4n) is 3.63. The van der Waals surface area contributed by atoms with Crippen LogP contribution in [0, 0.1) is 12.7 Å². The van der Waals surface area contributed by atoms with E-state index in [-0.39, 0.29) is 17.6 Å². The predicted molar refractivity (Wildman–Crippen MR) is 98.6 cm³/mol. The summed E-state index contributed by atoms with van der Waals surface area (Å²) in [6.07, 6.45) is 6.63. The van der Waals surface area contributed by atoms with Gasteiger partial charge in [0.15, 0.2) is 0 Å². The Morgan fingerprint density at radius 1 is 1.30 bits per heavy atom. The maximum Gasteiger partial charge on any atom is 0.257 e. The normalized spacial score (nSPS) is 17.1. The highest BCUT2D eigenvalue weighted by Gasteiger charge is 2.29. The van der Waals surface area contributed by atoms with Crippen molar-refractivity contribution in [2.75, 3.05) is 13.1 Å². The first-order chi connectivity index (χ1) is 13.1. The molecule has 1 saturated heterocycles. The van der Waals surface area contributed by atoms with Crippen molar-refractivity contribution < 1.29 is 9.18 Å². The molecule has 1 N–H and O–H groups in total. The molecule has 3 heterocycles. The van der Waals surface area contributed by atoms with Gasteiger partial charge >= 0.3 is 0 Å². The van der Waals surface area contributed by atoms with Crippen LogP contribution in [-0.2, 0) is 0 Å². The Kier molecular flexibility index (Phi) is 4.66. The molecule has 1 amide bonds. The van der Waals surface area contributed by atoms with Gasteiger partial charge in [0.05, 0.1) is 23.1 Å².